The molecule has 0 fully saturated rings. The van der Waals surface area contributed by atoms with E-state index in [1.165, 1.54) is 5.56 Å². The summed E-state index contributed by atoms with van der Waals surface area (Å²) in [5, 5.41) is 15.8. The number of anilines is 1. The lowest BCUT2D eigenvalue weighted by Crippen LogP contribution is -2.00. The lowest BCUT2D eigenvalue weighted by atomic mass is 10.2. The summed E-state index contributed by atoms with van der Waals surface area (Å²) < 4.78 is 3.74. The van der Waals surface area contributed by atoms with Gasteiger partial charge in [-0.1, -0.05) is 12.1 Å². The van der Waals surface area contributed by atoms with E-state index in [2.05, 4.69) is 26.7 Å². The van der Waals surface area contributed by atoms with Crippen LogP contribution >= 0.6 is 0 Å². The lowest BCUT2D eigenvalue weighted by molar-refractivity contribution is 0.756. The Morgan fingerprint density at radius 2 is 2.10 bits per heavy atom. The summed E-state index contributed by atoms with van der Waals surface area (Å²) in [5.41, 5.74) is 4.35. The van der Waals surface area contributed by atoms with Gasteiger partial charge in [-0.3, -0.25) is 4.68 Å². The number of hydrogen-bond acceptors (Lipinski definition) is 4. The molecule has 0 saturated carbocycles. The van der Waals surface area contributed by atoms with E-state index in [-0.39, 0.29) is 0 Å². The van der Waals surface area contributed by atoms with Crippen LogP contribution in [-0.2, 0) is 20.6 Å². The maximum Gasteiger partial charge on any atom is 0.163 e. The number of rotatable bonds is 4. The topological polar surface area (TPSA) is 60.6 Å². The van der Waals surface area contributed by atoms with Gasteiger partial charge in [0.1, 0.15) is 6.33 Å². The Hall–Kier alpha value is -2.63. The zero-order valence-corrected chi connectivity index (χ0v) is 12.4. The second kappa shape index (κ2) is 5.40. The first-order chi connectivity index (χ1) is 10.1. The summed E-state index contributed by atoms with van der Waals surface area (Å²) in [5.74, 6) is 0.858. The van der Waals surface area contributed by atoms with Crippen LogP contribution in [0.1, 0.15) is 11.3 Å². The van der Waals surface area contributed by atoms with E-state index in [9.17, 15) is 0 Å². The summed E-state index contributed by atoms with van der Waals surface area (Å²) in [6.45, 7) is 2.77. The molecule has 0 saturated heterocycles. The molecule has 3 aromatic rings. The lowest BCUT2D eigenvalue weighted by Gasteiger charge is -2.07. The van der Waals surface area contributed by atoms with Crippen LogP contribution in [0.4, 0.5) is 5.69 Å². The molecule has 0 aliphatic carbocycles. The maximum atomic E-state index is 4.35. The van der Waals surface area contributed by atoms with Crippen molar-refractivity contribution >= 4 is 5.69 Å². The van der Waals surface area contributed by atoms with Gasteiger partial charge in [0.2, 0.25) is 0 Å². The third-order valence-corrected chi connectivity index (χ3v) is 3.43. The number of aryl methyl sites for hydroxylation is 3. The SMILES string of the molecule is Cc1nn(C)cc1CNc1cccc(-c2nncn2C)c1. The Bertz CT molecular complexity index is 755. The van der Waals surface area contributed by atoms with E-state index >= 15 is 0 Å². The molecule has 6 heteroatoms. The Labute approximate surface area is 123 Å². The Morgan fingerprint density at radius 3 is 2.76 bits per heavy atom. The van der Waals surface area contributed by atoms with Crippen molar-refractivity contribution in [2.45, 2.75) is 13.5 Å². The zero-order chi connectivity index (χ0) is 14.8. The average molecular weight is 282 g/mol. The quantitative estimate of drug-likeness (QED) is 0.796. The molecule has 0 amide bonds. The van der Waals surface area contributed by atoms with Crippen LogP contribution < -0.4 is 5.32 Å². The molecule has 0 bridgehead atoms. The van der Waals surface area contributed by atoms with Gasteiger partial charge < -0.3 is 9.88 Å². The van der Waals surface area contributed by atoms with E-state index in [1.54, 1.807) is 6.33 Å². The summed E-state index contributed by atoms with van der Waals surface area (Å²) >= 11 is 0. The second-order valence-corrected chi connectivity index (χ2v) is 5.11. The highest BCUT2D eigenvalue weighted by atomic mass is 15.3. The highest BCUT2D eigenvalue weighted by Gasteiger charge is 2.06. The van der Waals surface area contributed by atoms with Crippen molar-refractivity contribution in [3.63, 3.8) is 0 Å². The second-order valence-electron chi connectivity index (χ2n) is 5.11. The number of hydrogen-bond donors (Lipinski definition) is 1. The molecule has 6 nitrogen and oxygen atoms in total. The maximum absolute atomic E-state index is 4.35. The van der Waals surface area contributed by atoms with Crippen LogP contribution in [0, 0.1) is 6.92 Å². The Kier molecular flexibility index (Phi) is 3.43. The smallest absolute Gasteiger partial charge is 0.163 e. The van der Waals surface area contributed by atoms with E-state index < -0.39 is 0 Å². The van der Waals surface area contributed by atoms with Crippen molar-refractivity contribution in [1.82, 2.24) is 24.5 Å². The molecular formula is C15H18N6. The molecule has 0 spiro atoms. The normalized spacial score (nSPS) is 10.8. The standard InChI is InChI=1S/C15H18N6/c1-11-13(9-21(3)19-11)8-16-14-6-4-5-12(7-14)15-18-17-10-20(15)2/h4-7,9-10,16H,8H2,1-3H3. The van der Waals surface area contributed by atoms with Gasteiger partial charge in [0, 0.05) is 43.7 Å². The fourth-order valence-corrected chi connectivity index (χ4v) is 2.33. The number of nitrogens with one attached hydrogen (secondary N) is 1. The third kappa shape index (κ3) is 2.79. The molecule has 108 valence electrons. The summed E-state index contributed by atoms with van der Waals surface area (Å²) in [6, 6.07) is 8.17. The highest BCUT2D eigenvalue weighted by Crippen LogP contribution is 2.20. The first-order valence-electron chi connectivity index (χ1n) is 6.81. The molecule has 1 aromatic carbocycles. The van der Waals surface area contributed by atoms with Gasteiger partial charge in [-0.15, -0.1) is 10.2 Å². The minimum Gasteiger partial charge on any atom is -0.381 e. The van der Waals surface area contributed by atoms with Crippen LogP contribution in [-0.4, -0.2) is 24.5 Å². The molecule has 0 atom stereocenters. The largest absolute Gasteiger partial charge is 0.381 e. The molecule has 0 aliphatic heterocycles. The van der Waals surface area contributed by atoms with Crippen LogP contribution in [0.3, 0.4) is 0 Å². The molecule has 0 unspecified atom stereocenters. The van der Waals surface area contributed by atoms with Crippen LogP contribution in [0.15, 0.2) is 36.8 Å². The van der Waals surface area contributed by atoms with Crippen molar-refractivity contribution < 1.29 is 0 Å². The van der Waals surface area contributed by atoms with Crippen LogP contribution in [0.5, 0.6) is 0 Å². The first-order valence-corrected chi connectivity index (χ1v) is 6.81. The first kappa shape index (κ1) is 13.4. The monoisotopic (exact) mass is 282 g/mol. The van der Waals surface area contributed by atoms with Crippen molar-refractivity contribution in [3.8, 4) is 11.4 Å². The molecule has 21 heavy (non-hydrogen) atoms. The highest BCUT2D eigenvalue weighted by molar-refractivity contribution is 5.62. The molecule has 0 aliphatic rings. The van der Waals surface area contributed by atoms with Gasteiger partial charge in [-0.25, -0.2) is 0 Å². The molecule has 1 N–H and O–H groups in total. The van der Waals surface area contributed by atoms with Gasteiger partial charge in [0.05, 0.1) is 5.69 Å². The molecular weight excluding hydrogens is 264 g/mol. The Balaban J connectivity index is 1.78. The van der Waals surface area contributed by atoms with E-state index in [4.69, 9.17) is 0 Å². The summed E-state index contributed by atoms with van der Waals surface area (Å²) in [6.07, 6.45) is 3.74. The van der Waals surface area contributed by atoms with Crippen LogP contribution in [0.2, 0.25) is 0 Å². The minimum absolute atomic E-state index is 0.752. The van der Waals surface area contributed by atoms with E-state index in [0.29, 0.717) is 0 Å². The third-order valence-electron chi connectivity index (χ3n) is 3.43. The predicted octanol–water partition coefficient (Wildman–Crippen LogP) is 2.14. The summed E-state index contributed by atoms with van der Waals surface area (Å²) in [7, 11) is 3.87. The van der Waals surface area contributed by atoms with Crippen molar-refractivity contribution in [3.05, 3.63) is 48.0 Å². The van der Waals surface area contributed by atoms with E-state index in [0.717, 1.165) is 29.3 Å². The number of nitrogens with zero attached hydrogens (tertiary/aromatic N) is 5. The van der Waals surface area contributed by atoms with Gasteiger partial charge in [0.15, 0.2) is 5.82 Å². The Morgan fingerprint density at radius 1 is 1.24 bits per heavy atom. The minimum atomic E-state index is 0.752. The molecule has 0 radical (unpaired) electrons. The molecule has 3 rings (SSSR count). The van der Waals surface area contributed by atoms with Crippen molar-refractivity contribution in [2.24, 2.45) is 14.1 Å². The zero-order valence-electron chi connectivity index (χ0n) is 12.4. The summed E-state index contributed by atoms with van der Waals surface area (Å²) in [4.78, 5) is 0. The van der Waals surface area contributed by atoms with Gasteiger partial charge in [-0.05, 0) is 19.1 Å². The van der Waals surface area contributed by atoms with Crippen molar-refractivity contribution in [2.75, 3.05) is 5.32 Å². The predicted molar refractivity (Wildman–Crippen MR) is 81.7 cm³/mol. The fraction of sp³-hybridized carbons (Fsp3) is 0.267. The molecule has 2 aromatic heterocycles. The van der Waals surface area contributed by atoms with Crippen molar-refractivity contribution in [1.29, 1.82) is 0 Å². The fourth-order valence-electron chi connectivity index (χ4n) is 2.33. The number of aromatic nitrogens is 5. The molecule has 2 heterocycles. The average Bonchev–Trinajstić information content (AvgIpc) is 3.02. The van der Waals surface area contributed by atoms with Gasteiger partial charge >= 0.3 is 0 Å². The number of benzene rings is 1. The van der Waals surface area contributed by atoms with Gasteiger partial charge in [0.25, 0.3) is 0 Å². The van der Waals surface area contributed by atoms with E-state index in [1.807, 2.05) is 54.7 Å². The van der Waals surface area contributed by atoms with Crippen LogP contribution in [0.25, 0.3) is 11.4 Å². The van der Waals surface area contributed by atoms with Gasteiger partial charge in [-0.2, -0.15) is 5.10 Å².